The number of H-pyrrole nitrogens is 1. The summed E-state index contributed by atoms with van der Waals surface area (Å²) in [6.45, 7) is 8.20. The Morgan fingerprint density at radius 3 is 2.44 bits per heavy atom. The van der Waals surface area contributed by atoms with E-state index in [4.69, 9.17) is 9.31 Å². The minimum Gasteiger partial charge on any atom is -0.399 e. The smallest absolute Gasteiger partial charge is 0.399 e. The number of hydrogen-bond acceptors (Lipinski definition) is 3. The third kappa shape index (κ3) is 1.58. The summed E-state index contributed by atoms with van der Waals surface area (Å²) in [5, 5.41) is 1.07. The molecule has 2 aromatic rings. The SMILES string of the molecule is CC1(C)OB(c2cncc3cc[nH]c23)OC1(C)C. The average molecular weight is 244 g/mol. The maximum atomic E-state index is 6.05. The summed E-state index contributed by atoms with van der Waals surface area (Å²) in [4.78, 5) is 7.46. The van der Waals surface area contributed by atoms with Gasteiger partial charge in [0, 0.05) is 35.0 Å². The van der Waals surface area contributed by atoms with E-state index >= 15 is 0 Å². The highest BCUT2D eigenvalue weighted by Crippen LogP contribution is 2.36. The highest BCUT2D eigenvalue weighted by Gasteiger charge is 2.52. The van der Waals surface area contributed by atoms with Crippen LogP contribution in [0.25, 0.3) is 10.9 Å². The summed E-state index contributed by atoms with van der Waals surface area (Å²) in [5.41, 5.74) is 1.33. The first-order valence-electron chi connectivity index (χ1n) is 6.17. The van der Waals surface area contributed by atoms with Crippen LogP contribution in [-0.4, -0.2) is 28.3 Å². The highest BCUT2D eigenvalue weighted by atomic mass is 16.7. The molecular weight excluding hydrogens is 227 g/mol. The van der Waals surface area contributed by atoms with Gasteiger partial charge in [-0.25, -0.2) is 0 Å². The summed E-state index contributed by atoms with van der Waals surface area (Å²) in [6.07, 6.45) is 5.54. The van der Waals surface area contributed by atoms with Crippen molar-refractivity contribution >= 4 is 23.5 Å². The molecule has 4 nitrogen and oxygen atoms in total. The van der Waals surface area contributed by atoms with E-state index in [2.05, 4.69) is 37.7 Å². The maximum Gasteiger partial charge on any atom is 0.498 e. The van der Waals surface area contributed by atoms with Crippen LogP contribution in [0, 0.1) is 0 Å². The third-order valence-electron chi connectivity index (χ3n) is 4.00. The summed E-state index contributed by atoms with van der Waals surface area (Å²) in [7, 11) is -0.371. The van der Waals surface area contributed by atoms with Crippen molar-refractivity contribution in [3.05, 3.63) is 24.7 Å². The molecule has 0 radical (unpaired) electrons. The second-order valence-electron chi connectivity index (χ2n) is 5.76. The van der Waals surface area contributed by atoms with Crippen LogP contribution in [0.5, 0.6) is 0 Å². The molecule has 0 saturated carbocycles. The van der Waals surface area contributed by atoms with Crippen molar-refractivity contribution in [2.24, 2.45) is 0 Å². The van der Waals surface area contributed by atoms with Gasteiger partial charge in [-0.2, -0.15) is 0 Å². The molecule has 1 aliphatic heterocycles. The van der Waals surface area contributed by atoms with Gasteiger partial charge in [0.1, 0.15) is 0 Å². The van der Waals surface area contributed by atoms with Crippen LogP contribution in [0.4, 0.5) is 0 Å². The Bertz CT molecular complexity index is 575. The molecule has 3 heterocycles. The molecule has 1 aliphatic rings. The first kappa shape index (κ1) is 11.7. The quantitative estimate of drug-likeness (QED) is 0.779. The molecule has 1 saturated heterocycles. The van der Waals surface area contributed by atoms with E-state index in [1.807, 2.05) is 18.5 Å². The van der Waals surface area contributed by atoms with Gasteiger partial charge in [-0.15, -0.1) is 0 Å². The number of hydrogen-bond donors (Lipinski definition) is 1. The fraction of sp³-hybridized carbons (Fsp3) is 0.462. The number of pyridine rings is 1. The lowest BCUT2D eigenvalue weighted by Crippen LogP contribution is -2.41. The standard InChI is InChI=1S/C13H17BN2O2/c1-12(2)13(3,4)18-14(17-12)10-8-15-7-9-5-6-16-11(9)10/h5-8,16H,1-4H3. The van der Waals surface area contributed by atoms with E-state index < -0.39 is 0 Å². The Morgan fingerprint density at radius 2 is 1.78 bits per heavy atom. The van der Waals surface area contributed by atoms with E-state index in [1.54, 1.807) is 6.20 Å². The van der Waals surface area contributed by atoms with E-state index in [0.29, 0.717) is 0 Å². The predicted molar refractivity (Wildman–Crippen MR) is 71.8 cm³/mol. The summed E-state index contributed by atoms with van der Waals surface area (Å²) in [5.74, 6) is 0. The van der Waals surface area contributed by atoms with Crippen LogP contribution in [0.2, 0.25) is 0 Å². The molecule has 2 aromatic heterocycles. The van der Waals surface area contributed by atoms with Crippen molar-refractivity contribution < 1.29 is 9.31 Å². The van der Waals surface area contributed by atoms with E-state index in [9.17, 15) is 0 Å². The fourth-order valence-electron chi connectivity index (χ4n) is 2.15. The lowest BCUT2D eigenvalue weighted by atomic mass is 9.79. The number of aromatic nitrogens is 2. The van der Waals surface area contributed by atoms with E-state index in [0.717, 1.165) is 16.4 Å². The molecular formula is C13H17BN2O2. The number of rotatable bonds is 1. The number of nitrogens with one attached hydrogen (secondary N) is 1. The average Bonchev–Trinajstić information content (AvgIpc) is 2.81. The Hall–Kier alpha value is -1.33. The van der Waals surface area contributed by atoms with Gasteiger partial charge in [0.25, 0.3) is 0 Å². The molecule has 94 valence electrons. The molecule has 0 aromatic carbocycles. The Kier molecular flexibility index (Phi) is 2.34. The van der Waals surface area contributed by atoms with Crippen LogP contribution in [0.15, 0.2) is 24.7 Å². The third-order valence-corrected chi connectivity index (χ3v) is 4.00. The monoisotopic (exact) mass is 244 g/mol. The molecule has 18 heavy (non-hydrogen) atoms. The maximum absolute atomic E-state index is 6.05. The topological polar surface area (TPSA) is 47.1 Å². The second-order valence-corrected chi connectivity index (χ2v) is 5.76. The molecule has 1 fully saturated rings. The molecule has 1 N–H and O–H groups in total. The molecule has 0 aliphatic carbocycles. The van der Waals surface area contributed by atoms with Crippen LogP contribution in [0.1, 0.15) is 27.7 Å². The first-order valence-corrected chi connectivity index (χ1v) is 6.17. The highest BCUT2D eigenvalue weighted by molar-refractivity contribution is 6.64. The fourth-order valence-corrected chi connectivity index (χ4v) is 2.15. The zero-order valence-electron chi connectivity index (χ0n) is 11.2. The molecule has 0 atom stereocenters. The van der Waals surface area contributed by atoms with Gasteiger partial charge in [-0.3, -0.25) is 4.98 Å². The van der Waals surface area contributed by atoms with Crippen LogP contribution in [0.3, 0.4) is 0 Å². The second kappa shape index (κ2) is 3.59. The summed E-state index contributed by atoms with van der Waals surface area (Å²) in [6, 6.07) is 2.00. The molecule has 0 spiro atoms. The molecule has 5 heteroatoms. The van der Waals surface area contributed by atoms with Gasteiger partial charge in [0.15, 0.2) is 0 Å². The molecule has 0 amide bonds. The largest absolute Gasteiger partial charge is 0.498 e. The van der Waals surface area contributed by atoms with Crippen molar-refractivity contribution in [2.75, 3.05) is 0 Å². The van der Waals surface area contributed by atoms with Crippen LogP contribution >= 0.6 is 0 Å². The Balaban J connectivity index is 2.05. The number of aromatic amines is 1. The lowest BCUT2D eigenvalue weighted by Gasteiger charge is -2.32. The Morgan fingerprint density at radius 1 is 1.11 bits per heavy atom. The first-order chi connectivity index (χ1) is 8.41. The molecule has 0 bridgehead atoms. The van der Waals surface area contributed by atoms with Gasteiger partial charge in [0.05, 0.1) is 11.2 Å². The van der Waals surface area contributed by atoms with E-state index in [1.165, 1.54) is 0 Å². The van der Waals surface area contributed by atoms with E-state index in [-0.39, 0.29) is 18.3 Å². The molecule has 3 rings (SSSR count). The molecule has 0 unspecified atom stereocenters. The van der Waals surface area contributed by atoms with Crippen molar-refractivity contribution in [1.29, 1.82) is 0 Å². The zero-order valence-corrected chi connectivity index (χ0v) is 11.2. The van der Waals surface area contributed by atoms with Crippen LogP contribution in [-0.2, 0) is 9.31 Å². The van der Waals surface area contributed by atoms with Crippen molar-refractivity contribution in [1.82, 2.24) is 9.97 Å². The van der Waals surface area contributed by atoms with Crippen molar-refractivity contribution in [3.63, 3.8) is 0 Å². The lowest BCUT2D eigenvalue weighted by molar-refractivity contribution is 0.00578. The Labute approximate surface area is 107 Å². The van der Waals surface area contributed by atoms with Crippen LogP contribution < -0.4 is 5.46 Å². The number of fused-ring (bicyclic) bond motifs is 1. The van der Waals surface area contributed by atoms with Gasteiger partial charge in [0.2, 0.25) is 0 Å². The minimum atomic E-state index is -0.371. The zero-order chi connectivity index (χ0) is 13.0. The van der Waals surface area contributed by atoms with Gasteiger partial charge >= 0.3 is 7.12 Å². The van der Waals surface area contributed by atoms with Crippen molar-refractivity contribution in [3.8, 4) is 0 Å². The van der Waals surface area contributed by atoms with Gasteiger partial charge in [-0.1, -0.05) is 0 Å². The predicted octanol–water partition coefficient (Wildman–Crippen LogP) is 1.86. The normalized spacial score (nSPS) is 21.7. The number of nitrogens with zero attached hydrogens (tertiary/aromatic N) is 1. The van der Waals surface area contributed by atoms with Crippen molar-refractivity contribution in [2.45, 2.75) is 38.9 Å². The summed E-state index contributed by atoms with van der Waals surface area (Å²) < 4.78 is 12.1. The summed E-state index contributed by atoms with van der Waals surface area (Å²) >= 11 is 0. The van der Waals surface area contributed by atoms with Gasteiger partial charge < -0.3 is 14.3 Å². The minimum absolute atomic E-state index is 0.327. The van der Waals surface area contributed by atoms with Gasteiger partial charge in [-0.05, 0) is 33.8 Å².